The minimum atomic E-state index is 0.687. The molecule has 0 aliphatic carbocycles. The Balaban J connectivity index is 0.741. The number of nitrogens with zero attached hydrogens (tertiary/aromatic N) is 10. The molecule has 0 radical (unpaired) electrons. The Morgan fingerprint density at radius 2 is 0.716 bits per heavy atom. The number of benzene rings is 6. The van der Waals surface area contributed by atoms with Crippen molar-refractivity contribution in [2.45, 2.75) is 0 Å². The van der Waals surface area contributed by atoms with E-state index in [0.717, 1.165) is 169 Å². The van der Waals surface area contributed by atoms with Crippen molar-refractivity contribution in [2.75, 3.05) is 0 Å². The lowest BCUT2D eigenvalue weighted by Gasteiger charge is -2.19. The number of para-hydroxylation sites is 4. The summed E-state index contributed by atoms with van der Waals surface area (Å²) in [5.74, 6) is 0. The van der Waals surface area contributed by atoms with Gasteiger partial charge in [0.15, 0.2) is 0 Å². The van der Waals surface area contributed by atoms with Crippen LogP contribution in [0, 0.1) is 0 Å². The summed E-state index contributed by atoms with van der Waals surface area (Å²) in [6.45, 7) is 0. The van der Waals surface area contributed by atoms with Gasteiger partial charge in [-0.05, 0) is 141 Å². The van der Waals surface area contributed by atoms with Crippen molar-refractivity contribution in [2.24, 2.45) is 0 Å². The second-order valence-electron chi connectivity index (χ2n) is 21.5. The molecule has 0 aliphatic rings. The number of hydrogen-bond donors (Lipinski definition) is 0. The number of furan rings is 2. The van der Waals surface area contributed by atoms with Gasteiger partial charge in [-0.3, -0.25) is 19.9 Å². The first-order valence-corrected chi connectivity index (χ1v) is 30.2. The molecule has 0 aliphatic heterocycles. The van der Waals surface area contributed by atoms with Gasteiger partial charge >= 0.3 is 0 Å². The number of pyridine rings is 6. The van der Waals surface area contributed by atoms with Crippen molar-refractivity contribution in [1.29, 1.82) is 0 Å². The topological polar surface area (TPSA) is 155 Å². The average molecular weight is 1170 g/mol. The van der Waals surface area contributed by atoms with Crippen LogP contribution in [0.25, 0.3) is 186 Å². The van der Waals surface area contributed by atoms with E-state index in [1.807, 2.05) is 98.5 Å². The van der Waals surface area contributed by atoms with Gasteiger partial charge in [-0.2, -0.15) is 0 Å². The van der Waals surface area contributed by atoms with E-state index in [1.165, 1.54) is 11.3 Å². The molecular weight excluding hydrogens is 1130 g/mol. The van der Waals surface area contributed by atoms with Crippen molar-refractivity contribution in [1.82, 2.24) is 49.8 Å². The molecule has 0 bridgehead atoms. The standard InChI is InChI=1S/C74H40N10O2S2/c1-2-8-48(47(7-1)42-21-29-76-30-22-42)60-17-18-63-66(82-60)67-74(87-63)81-40-62(84-67)56-16-6-14-54-52-12-4-10-50(69(52)86-71(54)56)49-9-3-11-51-53-13-5-15-55(70(53)85-68(49)51)61-39-80-73-65(83-61)59-37-46(38-79-72(59)88-73)64-57(43-23-31-77-32-24-43)35-45(41-19-27-75-28-20-41)36-58(64)44-25-33-78-34-26-44/h1-40H. The molecule has 14 heteroatoms. The zero-order chi connectivity index (χ0) is 57.8. The number of fused-ring (bicyclic) bond motifs is 12. The van der Waals surface area contributed by atoms with Gasteiger partial charge in [0.2, 0.25) is 0 Å². The molecule has 6 aromatic carbocycles. The summed E-state index contributed by atoms with van der Waals surface area (Å²) < 4.78 is 15.2. The van der Waals surface area contributed by atoms with E-state index in [4.69, 9.17) is 38.7 Å². The highest BCUT2D eigenvalue weighted by Gasteiger charge is 2.25. The maximum absolute atomic E-state index is 7.13. The molecule has 0 amide bonds. The van der Waals surface area contributed by atoms with Gasteiger partial charge in [0, 0.05) is 116 Å². The molecule has 0 atom stereocenters. The van der Waals surface area contributed by atoms with E-state index >= 15 is 0 Å². The Morgan fingerprint density at radius 3 is 1.27 bits per heavy atom. The van der Waals surface area contributed by atoms with Gasteiger partial charge in [-0.1, -0.05) is 96.3 Å². The second kappa shape index (κ2) is 20.0. The molecule has 88 heavy (non-hydrogen) atoms. The Hall–Kier alpha value is -11.6. The predicted molar refractivity (Wildman–Crippen MR) is 354 cm³/mol. The van der Waals surface area contributed by atoms with Gasteiger partial charge in [-0.15, -0.1) is 11.3 Å². The molecular formula is C74H40N10O2S2. The summed E-state index contributed by atoms with van der Waals surface area (Å²) >= 11 is 3.12. The van der Waals surface area contributed by atoms with Crippen LogP contribution in [-0.2, 0) is 0 Å². The Kier molecular flexibility index (Phi) is 11.3. The van der Waals surface area contributed by atoms with E-state index in [1.54, 1.807) is 11.3 Å². The van der Waals surface area contributed by atoms with Crippen LogP contribution in [0.2, 0.25) is 0 Å². The van der Waals surface area contributed by atoms with Crippen molar-refractivity contribution in [3.05, 3.63) is 244 Å². The van der Waals surface area contributed by atoms with Crippen LogP contribution in [0.4, 0.5) is 0 Å². The van der Waals surface area contributed by atoms with Gasteiger partial charge < -0.3 is 8.83 Å². The van der Waals surface area contributed by atoms with Crippen molar-refractivity contribution in [3.63, 3.8) is 0 Å². The normalized spacial score (nSPS) is 11.9. The lowest BCUT2D eigenvalue weighted by atomic mass is 9.85. The zero-order valence-corrected chi connectivity index (χ0v) is 47.8. The second-order valence-corrected chi connectivity index (χ2v) is 23.5. The summed E-state index contributed by atoms with van der Waals surface area (Å²) in [7, 11) is 0. The molecule has 18 aromatic rings. The summed E-state index contributed by atoms with van der Waals surface area (Å²) in [4.78, 5) is 51.0. The Bertz CT molecular complexity index is 5770. The van der Waals surface area contributed by atoms with Crippen LogP contribution >= 0.6 is 22.7 Å². The molecule has 18 rings (SSSR count). The fraction of sp³-hybridized carbons (Fsp3) is 0. The fourth-order valence-corrected chi connectivity index (χ4v) is 14.4. The molecule has 12 nitrogen and oxygen atoms in total. The predicted octanol–water partition coefficient (Wildman–Crippen LogP) is 19.2. The molecule has 0 unspecified atom stereocenters. The average Bonchev–Trinajstić information content (AvgIpc) is 1.71. The van der Waals surface area contributed by atoms with E-state index in [9.17, 15) is 0 Å². The molecule has 0 fully saturated rings. The SMILES string of the molecule is c1ccc(-c2ccc3sc4ncc(-c5cccc6c5oc5c(-c7cccc8c7oc7c(-c9cnc%10sc%11ncc(-c%12c(-c%13ccncc%13)cc(-c%13ccncc%13)cc%12-c%12ccncc%12)cc%11c%10n9)cccc78)cccc56)nc4c3n2)c(-c2ccncc2)c1. The van der Waals surface area contributed by atoms with Gasteiger partial charge in [-0.25, -0.2) is 29.9 Å². The maximum atomic E-state index is 7.13. The Labute approximate surface area is 507 Å². The summed E-state index contributed by atoms with van der Waals surface area (Å²) in [6, 6.07) is 60.6. The minimum Gasteiger partial charge on any atom is -0.455 e. The number of hydrogen-bond acceptors (Lipinski definition) is 14. The monoisotopic (exact) mass is 1160 g/mol. The molecule has 0 spiro atoms. The van der Waals surface area contributed by atoms with Crippen LogP contribution in [0.3, 0.4) is 0 Å². The molecule has 0 saturated heterocycles. The smallest absolute Gasteiger partial charge is 0.144 e. The molecule has 0 N–H and O–H groups in total. The first-order valence-electron chi connectivity index (χ1n) is 28.5. The number of thiophene rings is 2. The molecule has 0 saturated carbocycles. The summed E-state index contributed by atoms with van der Waals surface area (Å²) in [6.07, 6.45) is 20.3. The summed E-state index contributed by atoms with van der Waals surface area (Å²) in [5.41, 5.74) is 22.4. The third-order valence-corrected chi connectivity index (χ3v) is 18.6. The molecule has 12 aromatic heterocycles. The van der Waals surface area contributed by atoms with Crippen LogP contribution < -0.4 is 0 Å². The highest BCUT2D eigenvalue weighted by Crippen LogP contribution is 2.48. The Morgan fingerprint density at radius 1 is 0.273 bits per heavy atom. The first kappa shape index (κ1) is 49.8. The van der Waals surface area contributed by atoms with Crippen molar-refractivity contribution < 1.29 is 8.83 Å². The van der Waals surface area contributed by atoms with E-state index in [0.29, 0.717) is 17.0 Å². The van der Waals surface area contributed by atoms with Gasteiger partial charge in [0.25, 0.3) is 0 Å². The van der Waals surface area contributed by atoms with Crippen LogP contribution in [0.5, 0.6) is 0 Å². The quantitative estimate of drug-likeness (QED) is 0.135. The number of rotatable bonds is 9. The van der Waals surface area contributed by atoms with E-state index in [2.05, 4.69) is 166 Å². The van der Waals surface area contributed by atoms with Crippen LogP contribution in [-0.4, -0.2) is 49.8 Å². The molecule has 410 valence electrons. The highest BCUT2D eigenvalue weighted by atomic mass is 32.1. The zero-order valence-electron chi connectivity index (χ0n) is 46.2. The van der Waals surface area contributed by atoms with Crippen molar-refractivity contribution in [3.8, 4) is 101 Å². The van der Waals surface area contributed by atoms with Gasteiger partial charge in [0.1, 0.15) is 53.4 Å². The largest absolute Gasteiger partial charge is 0.455 e. The highest BCUT2D eigenvalue weighted by molar-refractivity contribution is 7.25. The lowest BCUT2D eigenvalue weighted by Crippen LogP contribution is -1.94. The number of aromatic nitrogens is 10. The summed E-state index contributed by atoms with van der Waals surface area (Å²) in [5, 5.41) is 4.79. The first-order chi connectivity index (χ1) is 43.6. The lowest BCUT2D eigenvalue weighted by molar-refractivity contribution is 0.666. The minimum absolute atomic E-state index is 0.687. The molecule has 12 heterocycles. The fourth-order valence-electron chi connectivity index (χ4n) is 12.5. The van der Waals surface area contributed by atoms with Crippen LogP contribution in [0.1, 0.15) is 0 Å². The third kappa shape index (κ3) is 8.04. The third-order valence-electron chi connectivity index (χ3n) is 16.6. The van der Waals surface area contributed by atoms with Crippen molar-refractivity contribution >= 4 is 108 Å². The van der Waals surface area contributed by atoms with E-state index < -0.39 is 0 Å². The van der Waals surface area contributed by atoms with Gasteiger partial charge in [0.05, 0.1) is 34.2 Å². The maximum Gasteiger partial charge on any atom is 0.144 e. The van der Waals surface area contributed by atoms with E-state index in [-0.39, 0.29) is 0 Å². The van der Waals surface area contributed by atoms with Crippen LogP contribution in [0.15, 0.2) is 253 Å².